The second kappa shape index (κ2) is 3.55. The Morgan fingerprint density at radius 2 is 1.88 bits per heavy atom. The predicted octanol–water partition coefficient (Wildman–Crippen LogP) is 2.61. The molecule has 0 radical (unpaired) electrons. The van der Waals surface area contributed by atoms with E-state index < -0.39 is 0 Å². The number of hydrogen-bond donors (Lipinski definition) is 1. The molecule has 2 N–H and O–H groups in total. The number of halogens is 1. The Bertz CT molecular complexity index is 676. The van der Waals surface area contributed by atoms with E-state index in [9.17, 15) is 4.39 Å². The van der Waals surface area contributed by atoms with Crippen LogP contribution in [0.2, 0.25) is 0 Å². The highest BCUT2D eigenvalue weighted by Crippen LogP contribution is 2.25. The van der Waals surface area contributed by atoms with Crippen LogP contribution in [0.15, 0.2) is 40.9 Å². The molecule has 0 spiro atoms. The van der Waals surface area contributed by atoms with E-state index in [1.807, 2.05) is 0 Å². The Balaban J connectivity index is 2.18. The minimum atomic E-state index is -0.303. The molecule has 2 aromatic heterocycles. The number of nitrogens with two attached hydrogens (primary N) is 1. The third-order valence-electron chi connectivity index (χ3n) is 2.42. The smallest absolute Gasteiger partial charge is 0.249 e. The summed E-state index contributed by atoms with van der Waals surface area (Å²) in [4.78, 5) is 8.26. The molecule has 0 saturated heterocycles. The summed E-state index contributed by atoms with van der Waals surface area (Å²) in [5.41, 5.74) is 7.84. The van der Waals surface area contributed by atoms with Gasteiger partial charge in [-0.3, -0.25) is 0 Å². The van der Waals surface area contributed by atoms with E-state index in [4.69, 9.17) is 10.2 Å². The van der Waals surface area contributed by atoms with Crippen molar-refractivity contribution in [2.45, 2.75) is 0 Å². The summed E-state index contributed by atoms with van der Waals surface area (Å²) < 4.78 is 18.2. The highest BCUT2D eigenvalue weighted by atomic mass is 19.1. The van der Waals surface area contributed by atoms with E-state index in [0.717, 1.165) is 0 Å². The predicted molar refractivity (Wildman–Crippen MR) is 61.6 cm³/mol. The maximum Gasteiger partial charge on any atom is 0.249 e. The molecule has 0 aliphatic rings. The maximum atomic E-state index is 12.8. The van der Waals surface area contributed by atoms with Crippen molar-refractivity contribution < 1.29 is 8.81 Å². The van der Waals surface area contributed by atoms with Gasteiger partial charge in [0.25, 0.3) is 0 Å². The van der Waals surface area contributed by atoms with Crippen LogP contribution in [-0.2, 0) is 0 Å². The molecule has 0 unspecified atom stereocenters. The molecule has 0 amide bonds. The first-order valence-corrected chi connectivity index (χ1v) is 5.01. The zero-order valence-electron chi connectivity index (χ0n) is 8.72. The Morgan fingerprint density at radius 3 is 2.59 bits per heavy atom. The van der Waals surface area contributed by atoms with Gasteiger partial charge in [-0.15, -0.1) is 0 Å². The largest absolute Gasteiger partial charge is 0.418 e. The average molecular weight is 229 g/mol. The van der Waals surface area contributed by atoms with Crippen LogP contribution in [0.25, 0.3) is 22.7 Å². The van der Waals surface area contributed by atoms with Crippen LogP contribution in [0.5, 0.6) is 0 Å². The fraction of sp³-hybridized carbons (Fsp3) is 0. The Labute approximate surface area is 95.9 Å². The molecule has 3 aromatic rings. The molecule has 2 heterocycles. The van der Waals surface area contributed by atoms with Crippen LogP contribution in [0.4, 0.5) is 10.1 Å². The summed E-state index contributed by atoms with van der Waals surface area (Å²) in [6.45, 7) is 0. The summed E-state index contributed by atoms with van der Waals surface area (Å²) in [5.74, 6) is 0.0768. The van der Waals surface area contributed by atoms with E-state index in [2.05, 4.69) is 9.97 Å². The highest BCUT2D eigenvalue weighted by molar-refractivity contribution is 5.84. The van der Waals surface area contributed by atoms with Gasteiger partial charge in [-0.2, -0.15) is 0 Å². The van der Waals surface area contributed by atoms with Crippen LogP contribution in [0, 0.1) is 5.82 Å². The van der Waals surface area contributed by atoms with Crippen LogP contribution in [0.3, 0.4) is 0 Å². The monoisotopic (exact) mass is 229 g/mol. The standard InChI is InChI=1S/C12H8FN3O/c13-8-3-1-7(2-4-8)11-16-10-9(14)5-6-15-12(10)17-11/h1-6H,(H2,14,15). The lowest BCUT2D eigenvalue weighted by molar-refractivity contribution is 0.606. The summed E-state index contributed by atoms with van der Waals surface area (Å²) in [6.07, 6.45) is 1.55. The topological polar surface area (TPSA) is 64.9 Å². The van der Waals surface area contributed by atoms with Crippen molar-refractivity contribution in [3.63, 3.8) is 0 Å². The first-order valence-electron chi connectivity index (χ1n) is 5.01. The van der Waals surface area contributed by atoms with Gasteiger partial charge in [0.15, 0.2) is 5.52 Å². The van der Waals surface area contributed by atoms with Gasteiger partial charge in [-0.25, -0.2) is 14.4 Å². The van der Waals surface area contributed by atoms with Crippen molar-refractivity contribution in [2.24, 2.45) is 0 Å². The molecule has 84 valence electrons. The normalized spacial score (nSPS) is 10.9. The Morgan fingerprint density at radius 1 is 1.12 bits per heavy atom. The van der Waals surface area contributed by atoms with Gasteiger partial charge in [-0.1, -0.05) is 0 Å². The number of benzene rings is 1. The van der Waals surface area contributed by atoms with Gasteiger partial charge in [0, 0.05) is 11.8 Å². The number of aromatic nitrogens is 2. The number of pyridine rings is 1. The molecule has 3 rings (SSSR count). The molecule has 0 saturated carbocycles. The number of rotatable bonds is 1. The second-order valence-electron chi connectivity index (χ2n) is 3.58. The number of nitrogen functional groups attached to an aromatic ring is 1. The average Bonchev–Trinajstić information content (AvgIpc) is 2.75. The van der Waals surface area contributed by atoms with E-state index in [0.29, 0.717) is 28.4 Å². The van der Waals surface area contributed by atoms with E-state index in [1.165, 1.54) is 12.1 Å². The van der Waals surface area contributed by atoms with Crippen LogP contribution in [-0.4, -0.2) is 9.97 Å². The summed E-state index contributed by atoms with van der Waals surface area (Å²) in [7, 11) is 0. The Kier molecular flexibility index (Phi) is 2.04. The molecule has 5 heteroatoms. The lowest BCUT2D eigenvalue weighted by Crippen LogP contribution is -1.86. The molecule has 0 fully saturated rings. The quantitative estimate of drug-likeness (QED) is 0.696. The van der Waals surface area contributed by atoms with Crippen LogP contribution in [0.1, 0.15) is 0 Å². The first kappa shape index (κ1) is 9.77. The summed E-state index contributed by atoms with van der Waals surface area (Å²) in [6, 6.07) is 7.54. The van der Waals surface area contributed by atoms with E-state index in [-0.39, 0.29) is 5.82 Å². The fourth-order valence-corrected chi connectivity index (χ4v) is 1.57. The molecule has 17 heavy (non-hydrogen) atoms. The minimum Gasteiger partial charge on any atom is -0.418 e. The van der Waals surface area contributed by atoms with Gasteiger partial charge < -0.3 is 10.2 Å². The van der Waals surface area contributed by atoms with Crippen molar-refractivity contribution in [1.82, 2.24) is 9.97 Å². The molecule has 0 atom stereocenters. The van der Waals surface area contributed by atoms with Gasteiger partial charge in [0.1, 0.15) is 5.82 Å². The number of hydrogen-bond acceptors (Lipinski definition) is 4. The third-order valence-corrected chi connectivity index (χ3v) is 2.42. The molecule has 0 bridgehead atoms. The van der Waals surface area contributed by atoms with Gasteiger partial charge in [-0.05, 0) is 30.3 Å². The van der Waals surface area contributed by atoms with E-state index in [1.54, 1.807) is 24.4 Å². The van der Waals surface area contributed by atoms with Crippen molar-refractivity contribution in [3.8, 4) is 11.5 Å². The SMILES string of the molecule is Nc1ccnc2oc(-c3ccc(F)cc3)nc12. The minimum absolute atomic E-state index is 0.303. The third kappa shape index (κ3) is 1.61. The molecule has 1 aromatic carbocycles. The van der Waals surface area contributed by atoms with Crippen molar-refractivity contribution in [3.05, 3.63) is 42.3 Å². The zero-order chi connectivity index (χ0) is 11.8. The fourth-order valence-electron chi connectivity index (χ4n) is 1.57. The second-order valence-corrected chi connectivity index (χ2v) is 3.58. The van der Waals surface area contributed by atoms with Crippen molar-refractivity contribution in [2.75, 3.05) is 5.73 Å². The van der Waals surface area contributed by atoms with Crippen LogP contribution < -0.4 is 5.73 Å². The maximum absolute atomic E-state index is 12.8. The molecular weight excluding hydrogens is 221 g/mol. The highest BCUT2D eigenvalue weighted by Gasteiger charge is 2.10. The molecular formula is C12H8FN3O. The van der Waals surface area contributed by atoms with Crippen molar-refractivity contribution in [1.29, 1.82) is 0 Å². The van der Waals surface area contributed by atoms with Gasteiger partial charge >= 0.3 is 0 Å². The zero-order valence-corrected chi connectivity index (χ0v) is 8.72. The number of fused-ring (bicyclic) bond motifs is 1. The van der Waals surface area contributed by atoms with Gasteiger partial charge in [0.2, 0.25) is 11.6 Å². The van der Waals surface area contributed by atoms with Crippen LogP contribution >= 0.6 is 0 Å². The number of oxazole rings is 1. The number of anilines is 1. The van der Waals surface area contributed by atoms with Crippen molar-refractivity contribution >= 4 is 16.9 Å². The summed E-state index contributed by atoms with van der Waals surface area (Å²) in [5, 5.41) is 0. The Hall–Kier alpha value is -2.43. The molecule has 4 nitrogen and oxygen atoms in total. The van der Waals surface area contributed by atoms with E-state index >= 15 is 0 Å². The van der Waals surface area contributed by atoms with Gasteiger partial charge in [0.05, 0.1) is 5.69 Å². The first-order chi connectivity index (χ1) is 8.24. The molecule has 0 aliphatic heterocycles. The lowest BCUT2D eigenvalue weighted by atomic mass is 10.2. The summed E-state index contributed by atoms with van der Waals surface area (Å²) >= 11 is 0. The molecule has 0 aliphatic carbocycles. The number of nitrogens with zero attached hydrogens (tertiary/aromatic N) is 2. The lowest BCUT2D eigenvalue weighted by Gasteiger charge is -1.93.